The Balaban J connectivity index is 3.08. The maximum atomic E-state index is 10.6. The molecule has 0 aromatic carbocycles. The molecule has 1 atom stereocenters. The average Bonchev–Trinajstić information content (AvgIpc) is 1.97. The summed E-state index contributed by atoms with van der Waals surface area (Å²) in [7, 11) is 0. The van der Waals surface area contributed by atoms with E-state index in [0.717, 1.165) is 12.8 Å². The van der Waals surface area contributed by atoms with Gasteiger partial charge in [-0.1, -0.05) is 29.8 Å². The highest BCUT2D eigenvalue weighted by Crippen LogP contribution is 2.06. The van der Waals surface area contributed by atoms with Gasteiger partial charge in [0.05, 0.1) is 6.61 Å². The normalized spacial score (nSPS) is 12.6. The van der Waals surface area contributed by atoms with Crippen LogP contribution in [-0.2, 0) is 9.53 Å². The molecular weight excluding hydrogens is 208 g/mol. The minimum atomic E-state index is -0.104. The van der Waals surface area contributed by atoms with Gasteiger partial charge in [-0.25, -0.2) is 0 Å². The van der Waals surface area contributed by atoms with Crippen LogP contribution in [-0.4, -0.2) is 17.4 Å². The third-order valence-electron chi connectivity index (χ3n) is 1.30. The van der Waals surface area contributed by atoms with Gasteiger partial charge in [-0.3, -0.25) is 4.79 Å². The van der Waals surface area contributed by atoms with Gasteiger partial charge in [0.15, 0.2) is 0 Å². The van der Waals surface area contributed by atoms with Crippen molar-refractivity contribution in [1.82, 2.24) is 0 Å². The number of hydrogen-bond donors (Lipinski definition) is 0. The first-order valence-electron chi connectivity index (χ1n) is 3.96. The van der Waals surface area contributed by atoms with E-state index in [1.165, 1.54) is 0 Å². The lowest BCUT2D eigenvalue weighted by molar-refractivity contribution is -0.143. The molecule has 0 saturated heterocycles. The molecule has 0 amide bonds. The number of carbonyl (C=O) groups excluding carboxylic acids is 1. The van der Waals surface area contributed by atoms with Crippen molar-refractivity contribution in [3.8, 4) is 0 Å². The number of ether oxygens (including phenoxy) is 1. The molecule has 0 N–H and O–H groups in total. The highest BCUT2D eigenvalue weighted by molar-refractivity contribution is 9.09. The summed E-state index contributed by atoms with van der Waals surface area (Å²) in [5, 5.41) is 0. The first kappa shape index (κ1) is 11.0. The van der Waals surface area contributed by atoms with E-state index in [4.69, 9.17) is 4.74 Å². The molecular formula is C8H15BrO2. The smallest absolute Gasteiger partial charge is 0.305 e. The second-order valence-corrected chi connectivity index (χ2v) is 4.06. The average molecular weight is 223 g/mol. The molecule has 0 rings (SSSR count). The molecule has 66 valence electrons. The SMILES string of the molecule is CCC(=O)OCCCC(C)Br. The Bertz CT molecular complexity index is 113. The van der Waals surface area contributed by atoms with Gasteiger partial charge in [0.1, 0.15) is 0 Å². The van der Waals surface area contributed by atoms with Crippen LogP contribution in [0.4, 0.5) is 0 Å². The molecule has 0 aromatic heterocycles. The Morgan fingerprint density at radius 2 is 2.27 bits per heavy atom. The van der Waals surface area contributed by atoms with Crippen molar-refractivity contribution >= 4 is 21.9 Å². The number of carbonyl (C=O) groups is 1. The van der Waals surface area contributed by atoms with Gasteiger partial charge >= 0.3 is 5.97 Å². The summed E-state index contributed by atoms with van der Waals surface area (Å²) >= 11 is 3.42. The van der Waals surface area contributed by atoms with Gasteiger partial charge < -0.3 is 4.74 Å². The van der Waals surface area contributed by atoms with Crippen LogP contribution in [0.15, 0.2) is 0 Å². The zero-order valence-electron chi connectivity index (χ0n) is 7.10. The summed E-state index contributed by atoms with van der Waals surface area (Å²) in [5.41, 5.74) is 0. The van der Waals surface area contributed by atoms with Crippen LogP contribution in [0, 0.1) is 0 Å². The van der Waals surface area contributed by atoms with Crippen molar-refractivity contribution in [2.24, 2.45) is 0 Å². The van der Waals surface area contributed by atoms with Gasteiger partial charge in [-0.2, -0.15) is 0 Å². The van der Waals surface area contributed by atoms with Gasteiger partial charge in [0, 0.05) is 11.2 Å². The predicted octanol–water partition coefficient (Wildman–Crippen LogP) is 2.50. The Hall–Kier alpha value is -0.0500. The first-order valence-corrected chi connectivity index (χ1v) is 4.88. The lowest BCUT2D eigenvalue weighted by Crippen LogP contribution is -2.04. The molecule has 2 nitrogen and oxygen atoms in total. The molecule has 0 heterocycles. The maximum absolute atomic E-state index is 10.6. The molecule has 0 fully saturated rings. The molecule has 0 aliphatic heterocycles. The summed E-state index contributed by atoms with van der Waals surface area (Å²) in [6.07, 6.45) is 2.47. The number of hydrogen-bond acceptors (Lipinski definition) is 2. The van der Waals surface area contributed by atoms with Crippen LogP contribution in [0.2, 0.25) is 0 Å². The molecule has 0 spiro atoms. The molecule has 0 aliphatic rings. The second-order valence-electron chi connectivity index (χ2n) is 2.50. The number of halogens is 1. The molecule has 0 aromatic rings. The fourth-order valence-electron chi connectivity index (χ4n) is 0.653. The largest absolute Gasteiger partial charge is 0.466 e. The lowest BCUT2D eigenvalue weighted by atomic mass is 10.3. The Labute approximate surface area is 76.4 Å². The number of rotatable bonds is 5. The quantitative estimate of drug-likeness (QED) is 0.406. The third kappa shape index (κ3) is 7.85. The molecule has 0 aliphatic carbocycles. The summed E-state index contributed by atoms with van der Waals surface area (Å²) in [6, 6.07) is 0. The predicted molar refractivity (Wildman–Crippen MR) is 48.9 cm³/mol. The Morgan fingerprint density at radius 3 is 2.73 bits per heavy atom. The zero-order valence-corrected chi connectivity index (χ0v) is 8.69. The summed E-state index contributed by atoms with van der Waals surface area (Å²) in [5.74, 6) is -0.104. The standard InChI is InChI=1S/C8H15BrO2/c1-3-8(10)11-6-4-5-7(2)9/h7H,3-6H2,1-2H3. The minimum Gasteiger partial charge on any atom is -0.466 e. The van der Waals surface area contributed by atoms with E-state index < -0.39 is 0 Å². The lowest BCUT2D eigenvalue weighted by Gasteiger charge is -2.03. The first-order chi connectivity index (χ1) is 5.16. The Kier molecular flexibility index (Phi) is 6.62. The van der Waals surface area contributed by atoms with E-state index in [1.807, 2.05) is 0 Å². The highest BCUT2D eigenvalue weighted by Gasteiger charge is 1.99. The zero-order chi connectivity index (χ0) is 8.69. The summed E-state index contributed by atoms with van der Waals surface area (Å²) < 4.78 is 4.88. The van der Waals surface area contributed by atoms with E-state index in [1.54, 1.807) is 6.92 Å². The van der Waals surface area contributed by atoms with Crippen molar-refractivity contribution in [2.45, 2.75) is 37.9 Å². The highest BCUT2D eigenvalue weighted by atomic mass is 79.9. The number of esters is 1. The third-order valence-corrected chi connectivity index (χ3v) is 1.76. The van der Waals surface area contributed by atoms with Crippen molar-refractivity contribution in [3.63, 3.8) is 0 Å². The molecule has 1 unspecified atom stereocenters. The van der Waals surface area contributed by atoms with E-state index in [-0.39, 0.29) is 5.97 Å². The van der Waals surface area contributed by atoms with Gasteiger partial charge in [-0.15, -0.1) is 0 Å². The summed E-state index contributed by atoms with van der Waals surface area (Å²) in [6.45, 7) is 4.44. The summed E-state index contributed by atoms with van der Waals surface area (Å²) in [4.78, 5) is 11.1. The van der Waals surface area contributed by atoms with Gasteiger partial charge in [0.25, 0.3) is 0 Å². The molecule has 0 radical (unpaired) electrons. The van der Waals surface area contributed by atoms with Crippen molar-refractivity contribution < 1.29 is 9.53 Å². The van der Waals surface area contributed by atoms with E-state index in [0.29, 0.717) is 17.9 Å². The van der Waals surface area contributed by atoms with Crippen molar-refractivity contribution in [1.29, 1.82) is 0 Å². The monoisotopic (exact) mass is 222 g/mol. The van der Waals surface area contributed by atoms with Crippen LogP contribution in [0.5, 0.6) is 0 Å². The van der Waals surface area contributed by atoms with Gasteiger partial charge in [0.2, 0.25) is 0 Å². The van der Waals surface area contributed by atoms with Crippen LogP contribution < -0.4 is 0 Å². The Morgan fingerprint density at radius 1 is 1.64 bits per heavy atom. The number of alkyl halides is 1. The molecule has 3 heteroatoms. The van der Waals surface area contributed by atoms with Crippen LogP contribution in [0.1, 0.15) is 33.1 Å². The fraction of sp³-hybridized carbons (Fsp3) is 0.875. The van der Waals surface area contributed by atoms with E-state index >= 15 is 0 Å². The van der Waals surface area contributed by atoms with E-state index in [2.05, 4.69) is 22.9 Å². The molecule has 0 saturated carbocycles. The van der Waals surface area contributed by atoms with Crippen molar-refractivity contribution in [3.05, 3.63) is 0 Å². The van der Waals surface area contributed by atoms with Crippen LogP contribution in [0.3, 0.4) is 0 Å². The maximum Gasteiger partial charge on any atom is 0.305 e. The van der Waals surface area contributed by atoms with Crippen LogP contribution >= 0.6 is 15.9 Å². The minimum absolute atomic E-state index is 0.104. The molecule has 0 bridgehead atoms. The second kappa shape index (κ2) is 6.65. The van der Waals surface area contributed by atoms with E-state index in [9.17, 15) is 4.79 Å². The van der Waals surface area contributed by atoms with Crippen LogP contribution in [0.25, 0.3) is 0 Å². The molecule has 11 heavy (non-hydrogen) atoms. The fourth-order valence-corrected chi connectivity index (χ4v) is 0.976. The van der Waals surface area contributed by atoms with Gasteiger partial charge in [-0.05, 0) is 12.8 Å². The topological polar surface area (TPSA) is 26.3 Å². The van der Waals surface area contributed by atoms with Crippen molar-refractivity contribution in [2.75, 3.05) is 6.61 Å².